The Hall–Kier alpha value is -0.630. The molecule has 2 aliphatic carbocycles. The number of rotatable bonds is 3. The van der Waals surface area contributed by atoms with Crippen LogP contribution in [0.5, 0.6) is 0 Å². The summed E-state index contributed by atoms with van der Waals surface area (Å²) in [6, 6.07) is 4.24. The maximum absolute atomic E-state index is 9.70. The van der Waals surface area contributed by atoms with Crippen LogP contribution in [0.25, 0.3) is 0 Å². The summed E-state index contributed by atoms with van der Waals surface area (Å²) in [5.74, 6) is 0. The van der Waals surface area contributed by atoms with Crippen molar-refractivity contribution < 1.29 is 4.74 Å². The normalized spacial score (nSPS) is 43.1. The summed E-state index contributed by atoms with van der Waals surface area (Å²) < 4.78 is 5.74. The number of nitrogens with zero attached hydrogens (tertiary/aromatic N) is 2. The van der Waals surface area contributed by atoms with Crippen molar-refractivity contribution in [2.75, 3.05) is 13.2 Å². The van der Waals surface area contributed by atoms with Crippen molar-refractivity contribution in [3.8, 4) is 6.07 Å². The van der Waals surface area contributed by atoms with Crippen molar-refractivity contribution in [2.24, 2.45) is 0 Å². The van der Waals surface area contributed by atoms with Crippen LogP contribution >= 0.6 is 0 Å². The molecule has 1 saturated heterocycles. The summed E-state index contributed by atoms with van der Waals surface area (Å²) in [5.41, 5.74) is -0.272. The Kier molecular flexibility index (Phi) is 4.03. The van der Waals surface area contributed by atoms with Crippen LogP contribution in [0.1, 0.15) is 52.4 Å². The average Bonchev–Trinajstić information content (AvgIpc) is 3.25. The number of ether oxygens (including phenoxy) is 1. The van der Waals surface area contributed by atoms with Crippen molar-refractivity contribution in [2.45, 2.75) is 82.1 Å². The van der Waals surface area contributed by atoms with Crippen LogP contribution < -0.4 is 5.32 Å². The molecule has 0 radical (unpaired) electrons. The van der Waals surface area contributed by atoms with E-state index in [0.29, 0.717) is 24.2 Å². The van der Waals surface area contributed by atoms with Gasteiger partial charge in [-0.1, -0.05) is 0 Å². The summed E-state index contributed by atoms with van der Waals surface area (Å²) >= 11 is 0. The lowest BCUT2D eigenvalue weighted by atomic mass is 9.78. The van der Waals surface area contributed by atoms with Gasteiger partial charge in [0.25, 0.3) is 0 Å². The molecule has 4 atom stereocenters. The minimum Gasteiger partial charge on any atom is -0.376 e. The van der Waals surface area contributed by atoms with E-state index in [-0.39, 0.29) is 5.54 Å². The van der Waals surface area contributed by atoms with Gasteiger partial charge < -0.3 is 4.74 Å². The Morgan fingerprint density at radius 1 is 1.30 bits per heavy atom. The van der Waals surface area contributed by atoms with Gasteiger partial charge in [-0.2, -0.15) is 5.26 Å². The van der Waals surface area contributed by atoms with Crippen LogP contribution in [0.3, 0.4) is 0 Å². The van der Waals surface area contributed by atoms with Crippen LogP contribution in [-0.2, 0) is 4.74 Å². The van der Waals surface area contributed by atoms with Gasteiger partial charge in [0.15, 0.2) is 0 Å². The van der Waals surface area contributed by atoms with Crippen molar-refractivity contribution in [3.05, 3.63) is 0 Å². The lowest BCUT2D eigenvalue weighted by Crippen LogP contribution is -2.58. The van der Waals surface area contributed by atoms with Crippen LogP contribution in [0.2, 0.25) is 0 Å². The van der Waals surface area contributed by atoms with E-state index in [0.717, 1.165) is 32.4 Å². The van der Waals surface area contributed by atoms with Gasteiger partial charge in [0, 0.05) is 24.7 Å². The molecule has 1 N–H and O–H groups in total. The van der Waals surface area contributed by atoms with Gasteiger partial charge in [-0.3, -0.25) is 10.2 Å². The average molecular weight is 277 g/mol. The smallest absolute Gasteiger partial charge is 0.108 e. The predicted molar refractivity (Wildman–Crippen MR) is 78.3 cm³/mol. The molecule has 4 heteroatoms. The van der Waals surface area contributed by atoms with Gasteiger partial charge in [0.1, 0.15) is 5.54 Å². The molecule has 3 aliphatic rings. The van der Waals surface area contributed by atoms with E-state index in [1.807, 2.05) is 0 Å². The number of nitriles is 1. The molecule has 3 fully saturated rings. The number of nitrogens with one attached hydrogen (secondary N) is 1. The Morgan fingerprint density at radius 2 is 2.10 bits per heavy atom. The molecular formula is C16H27N3O. The van der Waals surface area contributed by atoms with Crippen LogP contribution in [0.4, 0.5) is 0 Å². The number of hydrogen-bond acceptors (Lipinski definition) is 4. The molecule has 0 spiro atoms. The highest BCUT2D eigenvalue weighted by atomic mass is 16.5. The largest absolute Gasteiger partial charge is 0.376 e. The Labute approximate surface area is 122 Å². The predicted octanol–water partition coefficient (Wildman–Crippen LogP) is 2.05. The first-order valence-electron chi connectivity index (χ1n) is 8.18. The van der Waals surface area contributed by atoms with Gasteiger partial charge in [-0.25, -0.2) is 0 Å². The fourth-order valence-corrected chi connectivity index (χ4v) is 3.85. The van der Waals surface area contributed by atoms with Crippen molar-refractivity contribution in [1.82, 2.24) is 10.2 Å². The summed E-state index contributed by atoms with van der Waals surface area (Å²) in [6.07, 6.45) is 7.21. The van der Waals surface area contributed by atoms with Crippen LogP contribution in [0, 0.1) is 11.3 Å². The van der Waals surface area contributed by atoms with Gasteiger partial charge in [0.05, 0.1) is 18.8 Å². The third-order valence-corrected chi connectivity index (χ3v) is 5.12. The molecule has 0 aromatic carbocycles. The topological polar surface area (TPSA) is 48.3 Å². The third kappa shape index (κ3) is 3.00. The molecular weight excluding hydrogens is 250 g/mol. The first-order valence-corrected chi connectivity index (χ1v) is 8.18. The maximum Gasteiger partial charge on any atom is 0.108 e. The van der Waals surface area contributed by atoms with E-state index in [2.05, 4.69) is 30.1 Å². The van der Waals surface area contributed by atoms with Crippen molar-refractivity contribution >= 4 is 0 Å². The van der Waals surface area contributed by atoms with E-state index < -0.39 is 0 Å². The van der Waals surface area contributed by atoms with Gasteiger partial charge in [-0.15, -0.1) is 0 Å². The monoisotopic (exact) mass is 277 g/mol. The molecule has 112 valence electrons. The molecule has 2 saturated carbocycles. The summed E-state index contributed by atoms with van der Waals surface area (Å²) in [6.45, 7) is 6.24. The van der Waals surface area contributed by atoms with Crippen LogP contribution in [-0.4, -0.2) is 47.8 Å². The zero-order chi connectivity index (χ0) is 14.2. The van der Waals surface area contributed by atoms with E-state index in [1.165, 1.54) is 19.3 Å². The fraction of sp³-hybridized carbons (Fsp3) is 0.938. The molecule has 1 aliphatic heterocycles. The second kappa shape index (κ2) is 5.63. The Bertz CT molecular complexity index is 390. The van der Waals surface area contributed by atoms with Crippen LogP contribution in [0.15, 0.2) is 0 Å². The molecule has 0 aromatic rings. The van der Waals surface area contributed by atoms with E-state index in [1.54, 1.807) is 0 Å². The SMILES string of the molecule is CC1CN(C2CCCC(C#N)(NC3CC3)C2)C(C)CO1. The van der Waals surface area contributed by atoms with E-state index in [4.69, 9.17) is 4.74 Å². The van der Waals surface area contributed by atoms with E-state index in [9.17, 15) is 5.26 Å². The number of morpholine rings is 1. The minimum absolute atomic E-state index is 0.272. The van der Waals surface area contributed by atoms with Gasteiger partial charge >= 0.3 is 0 Å². The second-order valence-electron chi connectivity index (χ2n) is 7.05. The van der Waals surface area contributed by atoms with Gasteiger partial charge in [0.2, 0.25) is 0 Å². The zero-order valence-corrected chi connectivity index (χ0v) is 12.8. The summed E-state index contributed by atoms with van der Waals surface area (Å²) in [5, 5.41) is 13.3. The van der Waals surface area contributed by atoms with E-state index >= 15 is 0 Å². The van der Waals surface area contributed by atoms with Crippen molar-refractivity contribution in [3.63, 3.8) is 0 Å². The highest BCUT2D eigenvalue weighted by Gasteiger charge is 2.43. The molecule has 0 bridgehead atoms. The number of hydrogen-bond donors (Lipinski definition) is 1. The Balaban J connectivity index is 1.68. The first-order chi connectivity index (χ1) is 9.62. The Morgan fingerprint density at radius 3 is 2.80 bits per heavy atom. The zero-order valence-electron chi connectivity index (χ0n) is 12.8. The maximum atomic E-state index is 9.70. The highest BCUT2D eigenvalue weighted by Crippen LogP contribution is 2.35. The summed E-state index contributed by atoms with van der Waals surface area (Å²) in [7, 11) is 0. The molecule has 0 amide bonds. The standard InChI is InChI=1S/C16H27N3O/c1-12-10-20-13(2)9-19(12)15-4-3-7-16(8-15,11-17)18-14-5-6-14/h12-15,18H,3-10H2,1-2H3. The first kappa shape index (κ1) is 14.3. The molecule has 20 heavy (non-hydrogen) atoms. The molecule has 4 nitrogen and oxygen atoms in total. The fourth-order valence-electron chi connectivity index (χ4n) is 3.85. The molecule has 3 rings (SSSR count). The molecule has 1 heterocycles. The third-order valence-electron chi connectivity index (χ3n) is 5.12. The molecule has 0 aromatic heterocycles. The highest BCUT2D eigenvalue weighted by molar-refractivity contribution is 5.13. The molecule has 4 unspecified atom stereocenters. The minimum atomic E-state index is -0.272. The lowest BCUT2D eigenvalue weighted by Gasteiger charge is -2.47. The van der Waals surface area contributed by atoms with Crippen molar-refractivity contribution in [1.29, 1.82) is 5.26 Å². The summed E-state index contributed by atoms with van der Waals surface area (Å²) in [4.78, 5) is 2.59. The lowest BCUT2D eigenvalue weighted by molar-refractivity contribution is -0.0747. The quantitative estimate of drug-likeness (QED) is 0.858. The second-order valence-corrected chi connectivity index (χ2v) is 7.05. The van der Waals surface area contributed by atoms with Gasteiger partial charge in [-0.05, 0) is 52.4 Å².